The van der Waals surface area contributed by atoms with Gasteiger partial charge in [0, 0.05) is 11.1 Å². The van der Waals surface area contributed by atoms with Gasteiger partial charge in [0.15, 0.2) is 0 Å². The van der Waals surface area contributed by atoms with Gasteiger partial charge in [-0.15, -0.1) is 0 Å². The van der Waals surface area contributed by atoms with Gasteiger partial charge in [0.25, 0.3) is 0 Å². The van der Waals surface area contributed by atoms with E-state index in [-0.39, 0.29) is 22.9 Å². The molecule has 0 amide bonds. The summed E-state index contributed by atoms with van der Waals surface area (Å²) in [6, 6.07) is 0. The summed E-state index contributed by atoms with van der Waals surface area (Å²) in [6.07, 6.45) is 22.8. The minimum Gasteiger partial charge on any atom is -0.481 e. The third-order valence-electron chi connectivity index (χ3n) is 7.75. The number of hydrogen-bond donors (Lipinski definition) is 1. The van der Waals surface area contributed by atoms with Crippen molar-refractivity contribution in [2.45, 2.75) is 142 Å². The van der Waals surface area contributed by atoms with E-state index in [1.165, 1.54) is 64.2 Å². The van der Waals surface area contributed by atoms with Crippen LogP contribution >= 0.6 is 0 Å². The number of piperidine rings is 1. The van der Waals surface area contributed by atoms with Crippen LogP contribution in [0, 0.1) is 11.8 Å². The summed E-state index contributed by atoms with van der Waals surface area (Å²) in [5, 5.41) is 9.91. The lowest BCUT2D eigenvalue weighted by atomic mass is 9.68. The summed E-state index contributed by atoms with van der Waals surface area (Å²) in [4.78, 5) is 14.5. The van der Waals surface area contributed by atoms with Gasteiger partial charge in [-0.25, -0.2) is 0 Å². The molecule has 0 saturated carbocycles. The van der Waals surface area contributed by atoms with E-state index in [9.17, 15) is 9.90 Å². The Hall–Kier alpha value is -0.830. The molecule has 0 aromatic heterocycles. The molecule has 3 nitrogen and oxygen atoms in total. The number of nitrogens with zero attached hydrogens (tertiary/aromatic N) is 1. The molecule has 1 saturated heterocycles. The van der Waals surface area contributed by atoms with Gasteiger partial charge < -0.3 is 5.11 Å². The Kier molecular flexibility index (Phi) is 13.1. The summed E-state index contributed by atoms with van der Waals surface area (Å²) >= 11 is 0. The molecule has 1 rings (SSSR count). The normalized spacial score (nSPS) is 20.3. The lowest BCUT2D eigenvalue weighted by Gasteiger charge is -2.54. The van der Waals surface area contributed by atoms with E-state index in [0.717, 1.165) is 32.1 Å². The molecule has 0 aliphatic carbocycles. The first kappa shape index (κ1) is 28.2. The van der Waals surface area contributed by atoms with Crippen molar-refractivity contribution < 1.29 is 9.90 Å². The largest absolute Gasteiger partial charge is 0.481 e. The molecule has 1 N–H and O–H groups in total. The van der Waals surface area contributed by atoms with Crippen molar-refractivity contribution in [2.24, 2.45) is 11.8 Å². The molecule has 0 bridgehead atoms. The first-order valence-corrected chi connectivity index (χ1v) is 13.2. The van der Waals surface area contributed by atoms with Gasteiger partial charge in [0.1, 0.15) is 0 Å². The molecule has 1 atom stereocenters. The summed E-state index contributed by atoms with van der Waals surface area (Å²) < 4.78 is 0. The highest BCUT2D eigenvalue weighted by Gasteiger charge is 2.46. The molecule has 1 aliphatic heterocycles. The Bertz CT molecular complexity index is 505. The highest BCUT2D eigenvalue weighted by Crippen LogP contribution is 2.44. The topological polar surface area (TPSA) is 40.5 Å². The van der Waals surface area contributed by atoms with Crippen LogP contribution in [0.1, 0.15) is 131 Å². The Morgan fingerprint density at radius 2 is 1.32 bits per heavy atom. The second-order valence-electron chi connectivity index (χ2n) is 11.3. The van der Waals surface area contributed by atoms with Crippen LogP contribution in [0.3, 0.4) is 0 Å². The molecule has 182 valence electrons. The monoisotopic (exact) mass is 435 g/mol. The molecular weight excluding hydrogens is 382 g/mol. The van der Waals surface area contributed by atoms with E-state index in [1.807, 2.05) is 0 Å². The second kappa shape index (κ2) is 14.3. The fourth-order valence-corrected chi connectivity index (χ4v) is 5.55. The highest BCUT2D eigenvalue weighted by molar-refractivity contribution is 5.70. The first-order chi connectivity index (χ1) is 14.6. The van der Waals surface area contributed by atoms with Crippen molar-refractivity contribution in [1.29, 1.82) is 0 Å². The molecule has 1 heterocycles. The van der Waals surface area contributed by atoms with Crippen LogP contribution in [0.25, 0.3) is 0 Å². The zero-order chi connectivity index (χ0) is 23.3. The van der Waals surface area contributed by atoms with Gasteiger partial charge in [-0.05, 0) is 85.6 Å². The number of unbranched alkanes of at least 4 members (excludes halogenated alkanes) is 10. The Morgan fingerprint density at radius 1 is 0.871 bits per heavy atom. The van der Waals surface area contributed by atoms with Crippen LogP contribution in [0.4, 0.5) is 0 Å². The van der Waals surface area contributed by atoms with E-state index in [1.54, 1.807) is 0 Å². The van der Waals surface area contributed by atoms with Crippen LogP contribution in [0.15, 0.2) is 12.2 Å². The number of aliphatic carboxylic acids is 1. The van der Waals surface area contributed by atoms with Crippen LogP contribution in [0.5, 0.6) is 0 Å². The van der Waals surface area contributed by atoms with E-state index in [0.29, 0.717) is 0 Å². The van der Waals surface area contributed by atoms with Gasteiger partial charge >= 0.3 is 5.97 Å². The lowest BCUT2D eigenvalue weighted by Crippen LogP contribution is -2.59. The molecule has 0 spiro atoms. The minimum absolute atomic E-state index is 0.0575. The van der Waals surface area contributed by atoms with Crippen molar-refractivity contribution in [3.63, 3.8) is 0 Å². The quantitative estimate of drug-likeness (QED) is 0.196. The predicted octanol–water partition coefficient (Wildman–Crippen LogP) is 8.23. The SMILES string of the molecule is CCCCCCCC/C=C\CCCCCCC(C(=O)O)C1CC(C)(C)N(C)C(C)(C)C1. The van der Waals surface area contributed by atoms with Crippen LogP contribution < -0.4 is 0 Å². The van der Waals surface area contributed by atoms with Gasteiger partial charge in [-0.1, -0.05) is 70.4 Å². The molecule has 3 heteroatoms. The molecule has 1 aliphatic rings. The Balaban J connectivity index is 2.22. The first-order valence-electron chi connectivity index (χ1n) is 13.2. The summed E-state index contributed by atoms with van der Waals surface area (Å²) in [5.74, 6) is -0.494. The van der Waals surface area contributed by atoms with E-state index in [2.05, 4.69) is 58.7 Å². The highest BCUT2D eigenvalue weighted by atomic mass is 16.4. The number of allylic oxidation sites excluding steroid dienone is 2. The van der Waals surface area contributed by atoms with Crippen molar-refractivity contribution in [2.75, 3.05) is 7.05 Å². The van der Waals surface area contributed by atoms with E-state index < -0.39 is 5.97 Å². The maximum Gasteiger partial charge on any atom is 0.306 e. The van der Waals surface area contributed by atoms with Crippen molar-refractivity contribution in [1.82, 2.24) is 4.90 Å². The van der Waals surface area contributed by atoms with Gasteiger partial charge in [0.2, 0.25) is 0 Å². The van der Waals surface area contributed by atoms with Crippen LogP contribution in [-0.4, -0.2) is 34.1 Å². The molecule has 0 aromatic rings. The standard InChI is InChI=1S/C28H53NO2/c1-7-8-9-10-11-12-13-14-15-16-17-18-19-20-21-25(26(30)31)24-22-27(2,3)29(6)28(4,5)23-24/h14-15,24-25H,7-13,16-23H2,1-6H3,(H,30,31)/b15-14-. The number of carboxylic acids is 1. The fourth-order valence-electron chi connectivity index (χ4n) is 5.55. The Labute approximate surface area is 194 Å². The summed E-state index contributed by atoms with van der Waals surface area (Å²) in [6.45, 7) is 11.3. The molecular formula is C28H53NO2. The molecule has 1 fully saturated rings. The smallest absolute Gasteiger partial charge is 0.306 e. The molecule has 0 aromatic carbocycles. The summed E-state index contributed by atoms with van der Waals surface area (Å²) in [7, 11) is 2.19. The maximum atomic E-state index is 12.0. The summed E-state index contributed by atoms with van der Waals surface area (Å²) in [5.41, 5.74) is 0.115. The van der Waals surface area contributed by atoms with Gasteiger partial charge in [-0.3, -0.25) is 9.69 Å². The van der Waals surface area contributed by atoms with Crippen LogP contribution in [-0.2, 0) is 4.79 Å². The third kappa shape index (κ3) is 10.6. The average Bonchev–Trinajstić information content (AvgIpc) is 2.68. The molecule has 31 heavy (non-hydrogen) atoms. The maximum absolute atomic E-state index is 12.0. The van der Waals surface area contributed by atoms with E-state index in [4.69, 9.17) is 0 Å². The van der Waals surface area contributed by atoms with Crippen molar-refractivity contribution in [3.05, 3.63) is 12.2 Å². The van der Waals surface area contributed by atoms with E-state index >= 15 is 0 Å². The van der Waals surface area contributed by atoms with Gasteiger partial charge in [-0.2, -0.15) is 0 Å². The molecule has 1 unspecified atom stereocenters. The number of carboxylic acid groups (broad SMARTS) is 1. The number of hydrogen-bond acceptors (Lipinski definition) is 2. The van der Waals surface area contributed by atoms with Crippen LogP contribution in [0.2, 0.25) is 0 Å². The zero-order valence-corrected chi connectivity index (χ0v) is 21.7. The van der Waals surface area contributed by atoms with Gasteiger partial charge in [0.05, 0.1) is 5.92 Å². The third-order valence-corrected chi connectivity index (χ3v) is 7.75. The average molecular weight is 436 g/mol. The van der Waals surface area contributed by atoms with Crippen molar-refractivity contribution >= 4 is 5.97 Å². The fraction of sp³-hybridized carbons (Fsp3) is 0.893. The number of rotatable bonds is 16. The number of likely N-dealkylation sites (tertiary alicyclic amines) is 1. The van der Waals surface area contributed by atoms with Crippen molar-refractivity contribution in [3.8, 4) is 0 Å². The molecule has 0 radical (unpaired) electrons. The number of carbonyl (C=O) groups is 1. The predicted molar refractivity (Wildman–Crippen MR) is 135 cm³/mol. The minimum atomic E-state index is -0.584. The Morgan fingerprint density at radius 3 is 1.81 bits per heavy atom. The zero-order valence-electron chi connectivity index (χ0n) is 21.7. The lowest BCUT2D eigenvalue weighted by molar-refractivity contribution is -0.147. The second-order valence-corrected chi connectivity index (χ2v) is 11.3.